The summed E-state index contributed by atoms with van der Waals surface area (Å²) >= 11 is 0. The smallest absolute Gasteiger partial charge is 0.107 e. The predicted molar refractivity (Wildman–Crippen MR) is 155 cm³/mol. The second kappa shape index (κ2) is 9.74. The van der Waals surface area contributed by atoms with Gasteiger partial charge in [-0.2, -0.15) is 0 Å². The molecule has 0 saturated carbocycles. The Hall–Kier alpha value is -4.32. The molecule has 0 unspecified atom stereocenters. The second-order valence-electron chi connectivity index (χ2n) is 9.17. The molecule has 2 heteroatoms. The van der Waals surface area contributed by atoms with Crippen molar-refractivity contribution in [2.24, 2.45) is 0 Å². The number of methoxy groups -OCH3 is 1. The average Bonchev–Trinajstić information content (AvgIpc) is 2.93. The Kier molecular flexibility index (Phi) is 6.00. The fourth-order valence-electron chi connectivity index (χ4n) is 5.13. The first kappa shape index (κ1) is 22.2. The van der Waals surface area contributed by atoms with Gasteiger partial charge in [0.2, 0.25) is 0 Å². The monoisotopic (exact) mass is 460 g/mol. The van der Waals surface area contributed by atoms with Crippen molar-refractivity contribution in [3.05, 3.63) is 127 Å². The highest BCUT2D eigenvalue weighted by Crippen LogP contribution is 2.18. The van der Waals surface area contributed by atoms with E-state index in [2.05, 4.69) is 133 Å². The van der Waals surface area contributed by atoms with Crippen molar-refractivity contribution >= 4 is 55.4 Å². The number of rotatable bonds is 4. The maximum atomic E-state index is 5.24. The Morgan fingerprint density at radius 2 is 1.03 bits per heavy atom. The lowest BCUT2D eigenvalue weighted by Crippen LogP contribution is -2.53. The summed E-state index contributed by atoms with van der Waals surface area (Å²) in [6, 6.07) is 43.8. The van der Waals surface area contributed by atoms with E-state index in [1.54, 1.807) is 7.11 Å². The molecule has 6 rings (SSSR count). The van der Waals surface area contributed by atoms with Gasteiger partial charge in [0.15, 0.2) is 0 Å². The number of hydrogen-bond acceptors (Lipinski definition) is 1. The summed E-state index contributed by atoms with van der Waals surface area (Å²) in [6.07, 6.45) is 0. The van der Waals surface area contributed by atoms with Gasteiger partial charge in [-0.15, -0.1) is 0 Å². The van der Waals surface area contributed by atoms with Crippen LogP contribution in [0.25, 0.3) is 32.3 Å². The summed E-state index contributed by atoms with van der Waals surface area (Å²) in [5.74, 6) is 6.63. The van der Waals surface area contributed by atoms with Crippen molar-refractivity contribution < 1.29 is 4.74 Å². The largest absolute Gasteiger partial charge is 0.372 e. The Morgan fingerprint density at radius 3 is 1.56 bits per heavy atom. The summed E-state index contributed by atoms with van der Waals surface area (Å²) < 4.78 is 5.24. The van der Waals surface area contributed by atoms with Crippen LogP contribution in [0.3, 0.4) is 0 Å². The summed E-state index contributed by atoms with van der Waals surface area (Å²) in [5, 5.41) is 7.39. The van der Waals surface area contributed by atoms with Crippen LogP contribution in [0, 0.1) is 11.8 Å². The molecule has 171 valence electrons. The maximum Gasteiger partial charge on any atom is 0.107 e. The van der Waals surface area contributed by atoms with Crippen LogP contribution in [0.1, 0.15) is 5.56 Å². The van der Waals surface area contributed by atoms with E-state index < -0.39 is 0 Å². The van der Waals surface area contributed by atoms with Crippen molar-refractivity contribution in [1.29, 1.82) is 0 Å². The van der Waals surface area contributed by atoms with Crippen LogP contribution in [0.2, 0.25) is 0 Å². The molecule has 0 aromatic heterocycles. The fourth-order valence-corrected chi connectivity index (χ4v) is 5.13. The third kappa shape index (κ3) is 4.26. The highest BCUT2D eigenvalue weighted by molar-refractivity contribution is 6.96. The zero-order chi connectivity index (χ0) is 24.3. The van der Waals surface area contributed by atoms with Crippen LogP contribution in [0.5, 0.6) is 0 Å². The molecular formula is C34H25BO-. The molecule has 0 spiro atoms. The molecule has 0 fully saturated rings. The predicted octanol–water partition coefficient (Wildman–Crippen LogP) is 5.66. The maximum absolute atomic E-state index is 5.24. The van der Waals surface area contributed by atoms with E-state index >= 15 is 0 Å². The molecule has 0 amide bonds. The lowest BCUT2D eigenvalue weighted by Gasteiger charge is -2.33. The Labute approximate surface area is 212 Å². The number of benzene rings is 6. The third-order valence-corrected chi connectivity index (χ3v) is 6.88. The summed E-state index contributed by atoms with van der Waals surface area (Å²) in [6.45, 7) is 0.443. The van der Waals surface area contributed by atoms with Gasteiger partial charge >= 0.3 is 0 Å². The Morgan fingerprint density at radius 1 is 0.556 bits per heavy atom. The molecule has 1 radical (unpaired) electrons. The van der Waals surface area contributed by atoms with Gasteiger partial charge < -0.3 is 4.74 Å². The first-order valence-corrected chi connectivity index (χ1v) is 12.3. The van der Waals surface area contributed by atoms with Crippen LogP contribution in [0.4, 0.5) is 0 Å². The van der Waals surface area contributed by atoms with Gasteiger partial charge in [-0.1, -0.05) is 127 Å². The molecule has 0 aliphatic rings. The van der Waals surface area contributed by atoms with Crippen LogP contribution < -0.4 is 16.4 Å². The van der Waals surface area contributed by atoms with E-state index in [1.807, 2.05) is 0 Å². The zero-order valence-corrected chi connectivity index (χ0v) is 20.2. The topological polar surface area (TPSA) is 9.23 Å². The molecular weight excluding hydrogens is 435 g/mol. The third-order valence-electron chi connectivity index (χ3n) is 6.88. The standard InChI is InChI=1S/C34H25BO/c1-36-20-8-15-31-21-27-11-6-7-14-30(27)24-34(31)35(32-18-16-25-9-2-4-12-28(25)22-32)33-19-17-26-10-3-5-13-29(26)23-33/h2-7,9-14,16-19,21-24H,20H2,1H3/q-1. The summed E-state index contributed by atoms with van der Waals surface area (Å²) in [7, 11) is 1.68. The van der Waals surface area contributed by atoms with E-state index in [-0.39, 0.29) is 6.71 Å². The molecule has 0 saturated heterocycles. The SMILES string of the molecule is COCC#Cc1cc2ccccc2cc1[B-](c1ccc2ccccc2c1)c1ccc2ccccc2c1. The van der Waals surface area contributed by atoms with Gasteiger partial charge in [-0.25, -0.2) is 16.4 Å². The first-order chi connectivity index (χ1) is 17.8. The van der Waals surface area contributed by atoms with E-state index in [9.17, 15) is 0 Å². The highest BCUT2D eigenvalue weighted by Gasteiger charge is 2.12. The first-order valence-electron chi connectivity index (χ1n) is 12.3. The van der Waals surface area contributed by atoms with Gasteiger partial charge in [0.1, 0.15) is 6.61 Å². The number of ether oxygens (including phenoxy) is 1. The normalized spacial score (nSPS) is 11.2. The second-order valence-corrected chi connectivity index (χ2v) is 9.17. The molecule has 36 heavy (non-hydrogen) atoms. The molecule has 1 nitrogen and oxygen atoms in total. The lowest BCUT2D eigenvalue weighted by molar-refractivity contribution is 0.240. The van der Waals surface area contributed by atoms with Crippen molar-refractivity contribution in [3.63, 3.8) is 0 Å². The van der Waals surface area contributed by atoms with Crippen LogP contribution in [-0.4, -0.2) is 20.4 Å². The lowest BCUT2D eigenvalue weighted by atomic mass is 9.36. The molecule has 0 heterocycles. The Balaban J connectivity index is 1.64. The molecule has 6 aromatic carbocycles. The fraction of sp³-hybridized carbons (Fsp3) is 0.0588. The number of fused-ring (bicyclic) bond motifs is 3. The van der Waals surface area contributed by atoms with Gasteiger partial charge in [0.05, 0.1) is 0 Å². The van der Waals surface area contributed by atoms with Gasteiger partial charge in [0, 0.05) is 7.11 Å². The molecule has 0 aliphatic carbocycles. The summed E-state index contributed by atoms with van der Waals surface area (Å²) in [5.41, 5.74) is 4.77. The molecule has 6 aromatic rings. The zero-order valence-electron chi connectivity index (χ0n) is 20.2. The quantitative estimate of drug-likeness (QED) is 0.244. The highest BCUT2D eigenvalue weighted by atomic mass is 16.5. The van der Waals surface area contributed by atoms with E-state index in [0.29, 0.717) is 6.61 Å². The van der Waals surface area contributed by atoms with E-state index in [1.165, 1.54) is 48.7 Å². The summed E-state index contributed by atoms with van der Waals surface area (Å²) in [4.78, 5) is 0. The minimum atomic E-state index is 0.0377. The van der Waals surface area contributed by atoms with Crippen LogP contribution >= 0.6 is 0 Å². The van der Waals surface area contributed by atoms with Crippen LogP contribution in [-0.2, 0) is 4.74 Å². The molecule has 0 bridgehead atoms. The minimum absolute atomic E-state index is 0.0377. The number of hydrogen-bond donors (Lipinski definition) is 0. The van der Waals surface area contributed by atoms with Crippen molar-refractivity contribution in [1.82, 2.24) is 0 Å². The molecule has 0 N–H and O–H groups in total. The van der Waals surface area contributed by atoms with Crippen LogP contribution in [0.15, 0.2) is 121 Å². The Bertz CT molecular complexity index is 1690. The van der Waals surface area contributed by atoms with Gasteiger partial charge in [-0.3, -0.25) is 0 Å². The minimum Gasteiger partial charge on any atom is -0.372 e. The van der Waals surface area contributed by atoms with E-state index in [0.717, 1.165) is 5.56 Å². The van der Waals surface area contributed by atoms with Gasteiger partial charge in [0.25, 0.3) is 0 Å². The van der Waals surface area contributed by atoms with Crippen molar-refractivity contribution in [2.75, 3.05) is 13.7 Å². The molecule has 0 atom stereocenters. The average molecular weight is 460 g/mol. The molecule has 0 aliphatic heterocycles. The van der Waals surface area contributed by atoms with Gasteiger partial charge in [-0.05, 0) is 50.7 Å². The van der Waals surface area contributed by atoms with E-state index in [4.69, 9.17) is 4.74 Å². The van der Waals surface area contributed by atoms with Crippen molar-refractivity contribution in [3.8, 4) is 11.8 Å². The van der Waals surface area contributed by atoms with Crippen molar-refractivity contribution in [2.45, 2.75) is 0 Å².